The topological polar surface area (TPSA) is 78.7 Å². The van der Waals surface area contributed by atoms with Crippen molar-refractivity contribution in [3.8, 4) is 0 Å². The van der Waals surface area contributed by atoms with Crippen molar-refractivity contribution in [3.63, 3.8) is 0 Å². The van der Waals surface area contributed by atoms with E-state index in [1.165, 1.54) is 0 Å². The van der Waals surface area contributed by atoms with Gasteiger partial charge in [-0.2, -0.15) is 0 Å². The fraction of sp³-hybridized carbons (Fsp3) is 0.889. The van der Waals surface area contributed by atoms with Crippen LogP contribution in [-0.4, -0.2) is 60.0 Å². The molecule has 1 unspecified atom stereocenters. The number of urea groups is 1. The SMILES string of the molecule is CC(C)CC(C)(CN)NC(=O)C1CCN(C(=O)N2CCCC2)CC1. The van der Waals surface area contributed by atoms with Crippen LogP contribution in [-0.2, 0) is 4.79 Å². The second-order valence-electron chi connectivity index (χ2n) is 8.09. The summed E-state index contributed by atoms with van der Waals surface area (Å²) in [6.45, 7) is 9.87. The molecule has 1 atom stereocenters. The van der Waals surface area contributed by atoms with Crippen molar-refractivity contribution in [3.05, 3.63) is 0 Å². The lowest BCUT2D eigenvalue weighted by atomic mass is 9.88. The molecule has 2 rings (SSSR count). The molecule has 3 N–H and O–H groups in total. The number of likely N-dealkylation sites (tertiary alicyclic amines) is 2. The molecule has 0 aromatic heterocycles. The Hall–Kier alpha value is -1.30. The second kappa shape index (κ2) is 8.19. The van der Waals surface area contributed by atoms with Gasteiger partial charge >= 0.3 is 6.03 Å². The van der Waals surface area contributed by atoms with Crippen LogP contribution in [0, 0.1) is 11.8 Å². The van der Waals surface area contributed by atoms with Crippen molar-refractivity contribution in [1.82, 2.24) is 15.1 Å². The third kappa shape index (κ3) is 4.85. The van der Waals surface area contributed by atoms with Gasteiger partial charge in [-0.1, -0.05) is 13.8 Å². The van der Waals surface area contributed by atoms with Gasteiger partial charge in [-0.25, -0.2) is 4.79 Å². The van der Waals surface area contributed by atoms with E-state index in [2.05, 4.69) is 19.2 Å². The molecule has 0 saturated carbocycles. The lowest BCUT2D eigenvalue weighted by Gasteiger charge is -2.37. The van der Waals surface area contributed by atoms with Crippen molar-refractivity contribution < 1.29 is 9.59 Å². The molecular weight excluding hydrogens is 304 g/mol. The number of nitrogens with two attached hydrogens (primary N) is 1. The Balaban J connectivity index is 1.82. The van der Waals surface area contributed by atoms with E-state index in [0.29, 0.717) is 25.6 Å². The van der Waals surface area contributed by atoms with Gasteiger partial charge in [0.2, 0.25) is 5.91 Å². The molecule has 2 saturated heterocycles. The zero-order chi connectivity index (χ0) is 17.7. The predicted octanol–water partition coefficient (Wildman–Crippen LogP) is 1.79. The Labute approximate surface area is 146 Å². The summed E-state index contributed by atoms with van der Waals surface area (Å²) < 4.78 is 0. The molecule has 0 radical (unpaired) electrons. The molecule has 3 amide bonds. The number of nitrogens with zero attached hydrogens (tertiary/aromatic N) is 2. The average molecular weight is 338 g/mol. The number of hydrogen-bond acceptors (Lipinski definition) is 3. The standard InChI is InChI=1S/C18H34N4O2/c1-14(2)12-18(3,13-19)20-16(23)15-6-10-22(11-7-15)17(24)21-8-4-5-9-21/h14-15H,4-13,19H2,1-3H3,(H,20,23). The van der Waals surface area contributed by atoms with Crippen LogP contribution in [0.4, 0.5) is 4.79 Å². The molecule has 0 aromatic rings. The van der Waals surface area contributed by atoms with Gasteiger partial charge in [-0.05, 0) is 44.9 Å². The fourth-order valence-corrected chi connectivity index (χ4v) is 3.93. The Bertz CT molecular complexity index is 440. The van der Waals surface area contributed by atoms with Crippen LogP contribution in [0.3, 0.4) is 0 Å². The highest BCUT2D eigenvalue weighted by molar-refractivity contribution is 5.80. The number of piperidine rings is 1. The Kier molecular flexibility index (Phi) is 6.49. The Morgan fingerprint density at radius 1 is 1.12 bits per heavy atom. The lowest BCUT2D eigenvalue weighted by molar-refractivity contribution is -0.128. The highest BCUT2D eigenvalue weighted by Crippen LogP contribution is 2.22. The molecule has 0 aliphatic carbocycles. The molecule has 2 heterocycles. The van der Waals surface area contributed by atoms with Crippen LogP contribution in [0.15, 0.2) is 0 Å². The minimum Gasteiger partial charge on any atom is -0.349 e. The summed E-state index contributed by atoms with van der Waals surface area (Å²) >= 11 is 0. The Morgan fingerprint density at radius 3 is 2.17 bits per heavy atom. The van der Waals surface area contributed by atoms with Gasteiger partial charge in [0.25, 0.3) is 0 Å². The third-order valence-electron chi connectivity index (χ3n) is 5.25. The molecule has 6 heteroatoms. The smallest absolute Gasteiger partial charge is 0.319 e. The normalized spacial score (nSPS) is 21.9. The van der Waals surface area contributed by atoms with E-state index in [0.717, 1.165) is 45.2 Å². The van der Waals surface area contributed by atoms with Gasteiger partial charge in [-0.3, -0.25) is 4.79 Å². The molecule has 138 valence electrons. The maximum absolute atomic E-state index is 12.6. The molecule has 0 spiro atoms. The van der Waals surface area contributed by atoms with Gasteiger partial charge in [0, 0.05) is 44.2 Å². The van der Waals surface area contributed by atoms with Crippen molar-refractivity contribution >= 4 is 11.9 Å². The summed E-state index contributed by atoms with van der Waals surface area (Å²) in [5.41, 5.74) is 5.55. The van der Waals surface area contributed by atoms with E-state index < -0.39 is 0 Å². The van der Waals surface area contributed by atoms with Crippen LogP contribution in [0.2, 0.25) is 0 Å². The van der Waals surface area contributed by atoms with Crippen LogP contribution >= 0.6 is 0 Å². The lowest BCUT2D eigenvalue weighted by Crippen LogP contribution is -2.55. The van der Waals surface area contributed by atoms with Crippen LogP contribution in [0.25, 0.3) is 0 Å². The van der Waals surface area contributed by atoms with Gasteiger partial charge in [-0.15, -0.1) is 0 Å². The van der Waals surface area contributed by atoms with Crippen molar-refractivity contribution in [1.29, 1.82) is 0 Å². The summed E-state index contributed by atoms with van der Waals surface area (Å²) in [6, 6.07) is 0.151. The van der Waals surface area contributed by atoms with Crippen LogP contribution < -0.4 is 11.1 Å². The van der Waals surface area contributed by atoms with Gasteiger partial charge in [0.1, 0.15) is 0 Å². The predicted molar refractivity (Wildman–Crippen MR) is 95.6 cm³/mol. The highest BCUT2D eigenvalue weighted by Gasteiger charge is 2.33. The summed E-state index contributed by atoms with van der Waals surface area (Å²) in [5.74, 6) is 0.571. The number of hydrogen-bond donors (Lipinski definition) is 2. The minimum atomic E-state index is -0.340. The van der Waals surface area contributed by atoms with Gasteiger partial charge in [0.15, 0.2) is 0 Å². The first-order chi connectivity index (χ1) is 11.3. The minimum absolute atomic E-state index is 0.00864. The van der Waals surface area contributed by atoms with E-state index in [4.69, 9.17) is 5.73 Å². The molecule has 0 aromatic carbocycles. The molecule has 6 nitrogen and oxygen atoms in total. The molecule has 0 bridgehead atoms. The van der Waals surface area contributed by atoms with E-state index in [1.54, 1.807) is 0 Å². The first-order valence-electron chi connectivity index (χ1n) is 9.40. The quantitative estimate of drug-likeness (QED) is 0.802. The summed E-state index contributed by atoms with van der Waals surface area (Å²) in [5, 5.41) is 3.17. The van der Waals surface area contributed by atoms with Crippen LogP contribution in [0.1, 0.15) is 52.9 Å². The first-order valence-corrected chi connectivity index (χ1v) is 9.40. The zero-order valence-corrected chi connectivity index (χ0v) is 15.5. The number of amides is 3. The highest BCUT2D eigenvalue weighted by atomic mass is 16.2. The number of carbonyl (C=O) groups excluding carboxylic acids is 2. The summed E-state index contributed by atoms with van der Waals surface area (Å²) in [7, 11) is 0. The molecule has 2 aliphatic rings. The number of carbonyl (C=O) groups is 2. The maximum atomic E-state index is 12.6. The van der Waals surface area contributed by atoms with Gasteiger partial charge in [0.05, 0.1) is 0 Å². The van der Waals surface area contributed by atoms with E-state index in [1.807, 2.05) is 16.7 Å². The molecule has 2 aliphatic heterocycles. The van der Waals surface area contributed by atoms with Crippen LogP contribution in [0.5, 0.6) is 0 Å². The van der Waals surface area contributed by atoms with E-state index in [-0.39, 0.29) is 23.4 Å². The average Bonchev–Trinajstić information content (AvgIpc) is 3.08. The van der Waals surface area contributed by atoms with Crippen molar-refractivity contribution in [2.75, 3.05) is 32.7 Å². The molecule has 2 fully saturated rings. The number of nitrogens with one attached hydrogen (secondary N) is 1. The monoisotopic (exact) mass is 338 g/mol. The zero-order valence-electron chi connectivity index (χ0n) is 15.5. The maximum Gasteiger partial charge on any atom is 0.319 e. The fourth-order valence-electron chi connectivity index (χ4n) is 3.93. The summed E-state index contributed by atoms with van der Waals surface area (Å²) in [4.78, 5) is 28.9. The van der Waals surface area contributed by atoms with Gasteiger partial charge < -0.3 is 20.9 Å². The molecular formula is C18H34N4O2. The second-order valence-corrected chi connectivity index (χ2v) is 8.09. The van der Waals surface area contributed by atoms with E-state index in [9.17, 15) is 9.59 Å². The largest absolute Gasteiger partial charge is 0.349 e. The van der Waals surface area contributed by atoms with Crippen molar-refractivity contribution in [2.24, 2.45) is 17.6 Å². The van der Waals surface area contributed by atoms with Crippen molar-refractivity contribution in [2.45, 2.75) is 58.4 Å². The Morgan fingerprint density at radius 2 is 1.67 bits per heavy atom. The molecule has 24 heavy (non-hydrogen) atoms. The first kappa shape index (κ1) is 19.0. The third-order valence-corrected chi connectivity index (χ3v) is 5.25. The summed E-state index contributed by atoms with van der Waals surface area (Å²) in [6.07, 6.45) is 4.58. The number of rotatable bonds is 5. The van der Waals surface area contributed by atoms with E-state index >= 15 is 0 Å².